The second kappa shape index (κ2) is 8.10. The molecule has 0 unspecified atom stereocenters. The summed E-state index contributed by atoms with van der Waals surface area (Å²) in [5.41, 5.74) is 0.649. The minimum absolute atomic E-state index is 0.237. The average molecular weight is 351 g/mol. The van der Waals surface area contributed by atoms with Crippen LogP contribution in [0.2, 0.25) is 0 Å². The van der Waals surface area contributed by atoms with Crippen molar-refractivity contribution in [2.75, 3.05) is 27.9 Å². The van der Waals surface area contributed by atoms with E-state index in [0.717, 1.165) is 24.6 Å². The van der Waals surface area contributed by atoms with Crippen molar-refractivity contribution < 1.29 is 23.8 Å². The summed E-state index contributed by atoms with van der Waals surface area (Å²) in [7, 11) is 4.57. The van der Waals surface area contributed by atoms with Crippen LogP contribution in [0, 0.1) is 0 Å². The molecule has 2 amide bonds. The predicted octanol–water partition coefficient (Wildman–Crippen LogP) is 3.55. The number of amides is 2. The van der Waals surface area contributed by atoms with Crippen molar-refractivity contribution in [3.05, 3.63) is 22.6 Å². The summed E-state index contributed by atoms with van der Waals surface area (Å²) >= 11 is 0.941. The Morgan fingerprint density at radius 1 is 1.08 bits per heavy atom. The van der Waals surface area contributed by atoms with Gasteiger partial charge in [-0.15, -0.1) is 0 Å². The lowest BCUT2D eigenvalue weighted by atomic mass is 10.1. The van der Waals surface area contributed by atoms with Crippen molar-refractivity contribution >= 4 is 29.0 Å². The monoisotopic (exact) mass is 351 g/mol. The van der Waals surface area contributed by atoms with Gasteiger partial charge in [-0.3, -0.25) is 14.5 Å². The Bertz CT molecular complexity index is 671. The van der Waals surface area contributed by atoms with Crippen LogP contribution in [-0.4, -0.2) is 43.9 Å². The fourth-order valence-corrected chi connectivity index (χ4v) is 3.24. The lowest BCUT2D eigenvalue weighted by Crippen LogP contribution is -2.29. The van der Waals surface area contributed by atoms with Gasteiger partial charge in [0.1, 0.15) is 0 Å². The molecule has 6 nitrogen and oxygen atoms in total. The molecule has 0 aromatic heterocycles. The van der Waals surface area contributed by atoms with Crippen LogP contribution in [0.25, 0.3) is 6.08 Å². The topological polar surface area (TPSA) is 65.1 Å². The van der Waals surface area contributed by atoms with Crippen LogP contribution in [0.5, 0.6) is 17.2 Å². The van der Waals surface area contributed by atoms with E-state index in [1.54, 1.807) is 18.2 Å². The van der Waals surface area contributed by atoms with E-state index in [0.29, 0.717) is 34.3 Å². The van der Waals surface area contributed by atoms with Gasteiger partial charge >= 0.3 is 0 Å². The molecule has 1 fully saturated rings. The van der Waals surface area contributed by atoms with Gasteiger partial charge in [0.25, 0.3) is 11.1 Å². The van der Waals surface area contributed by atoms with E-state index < -0.39 is 0 Å². The Morgan fingerprint density at radius 3 is 2.38 bits per heavy atom. The Balaban J connectivity index is 2.38. The molecule has 1 saturated heterocycles. The van der Waals surface area contributed by atoms with Gasteiger partial charge in [0.15, 0.2) is 11.5 Å². The number of imide groups is 1. The number of hydrogen-bond acceptors (Lipinski definition) is 6. The summed E-state index contributed by atoms with van der Waals surface area (Å²) in [6, 6.07) is 3.49. The molecule has 24 heavy (non-hydrogen) atoms. The lowest BCUT2D eigenvalue weighted by Gasteiger charge is -2.14. The van der Waals surface area contributed by atoms with Crippen LogP contribution in [-0.2, 0) is 4.79 Å². The number of thioether (sulfide) groups is 1. The SMILES string of the molecule is CCCCN1C(=O)S/C(=C\c2ccc(OC)c(OC)c2OC)C1=O. The van der Waals surface area contributed by atoms with Crippen LogP contribution in [0.3, 0.4) is 0 Å². The van der Waals surface area contributed by atoms with Crippen LogP contribution < -0.4 is 14.2 Å². The van der Waals surface area contributed by atoms with E-state index in [1.807, 2.05) is 6.92 Å². The molecule has 1 aliphatic rings. The van der Waals surface area contributed by atoms with Gasteiger partial charge in [-0.25, -0.2) is 0 Å². The quantitative estimate of drug-likeness (QED) is 0.700. The molecule has 0 aliphatic carbocycles. The zero-order valence-electron chi connectivity index (χ0n) is 14.3. The number of hydrogen-bond donors (Lipinski definition) is 0. The molecule has 0 atom stereocenters. The summed E-state index contributed by atoms with van der Waals surface area (Å²) in [5, 5.41) is -0.237. The Hall–Kier alpha value is -2.15. The number of unbranched alkanes of at least 4 members (excludes halogenated alkanes) is 1. The molecule has 0 bridgehead atoms. The van der Waals surface area contributed by atoms with Crippen molar-refractivity contribution in [2.24, 2.45) is 0 Å². The summed E-state index contributed by atoms with van der Waals surface area (Å²) in [6.07, 6.45) is 3.37. The number of nitrogens with zero attached hydrogens (tertiary/aromatic N) is 1. The normalized spacial score (nSPS) is 16.0. The first-order chi connectivity index (χ1) is 11.6. The Morgan fingerprint density at radius 2 is 1.79 bits per heavy atom. The molecule has 0 radical (unpaired) electrons. The maximum Gasteiger partial charge on any atom is 0.293 e. The van der Waals surface area contributed by atoms with Gasteiger partial charge in [0, 0.05) is 12.1 Å². The molecule has 2 rings (SSSR count). The minimum Gasteiger partial charge on any atom is -0.493 e. The van der Waals surface area contributed by atoms with E-state index in [9.17, 15) is 9.59 Å². The number of carbonyl (C=O) groups excluding carboxylic acids is 2. The lowest BCUT2D eigenvalue weighted by molar-refractivity contribution is -0.122. The smallest absolute Gasteiger partial charge is 0.293 e. The van der Waals surface area contributed by atoms with Crippen molar-refractivity contribution in [3.8, 4) is 17.2 Å². The number of methoxy groups -OCH3 is 3. The fourth-order valence-electron chi connectivity index (χ4n) is 2.39. The molecule has 1 aliphatic heterocycles. The van der Waals surface area contributed by atoms with Gasteiger partial charge in [0.05, 0.1) is 26.2 Å². The maximum atomic E-state index is 12.4. The van der Waals surface area contributed by atoms with Gasteiger partial charge in [-0.1, -0.05) is 13.3 Å². The molecular weight excluding hydrogens is 330 g/mol. The Labute approximate surface area is 145 Å². The summed E-state index contributed by atoms with van der Waals surface area (Å²) in [4.78, 5) is 26.1. The first-order valence-electron chi connectivity index (χ1n) is 7.61. The van der Waals surface area contributed by atoms with Crippen molar-refractivity contribution in [1.82, 2.24) is 4.90 Å². The predicted molar refractivity (Wildman–Crippen MR) is 93.7 cm³/mol. The molecule has 1 aromatic carbocycles. The molecular formula is C17H21NO5S. The highest BCUT2D eigenvalue weighted by molar-refractivity contribution is 8.18. The zero-order valence-corrected chi connectivity index (χ0v) is 15.1. The molecule has 1 heterocycles. The third-order valence-corrected chi connectivity index (χ3v) is 4.54. The highest BCUT2D eigenvalue weighted by atomic mass is 32.2. The molecule has 0 saturated carbocycles. The highest BCUT2D eigenvalue weighted by Crippen LogP contribution is 2.42. The van der Waals surface area contributed by atoms with E-state index in [4.69, 9.17) is 14.2 Å². The van der Waals surface area contributed by atoms with Gasteiger partial charge in [-0.2, -0.15) is 0 Å². The van der Waals surface area contributed by atoms with Crippen LogP contribution in [0.4, 0.5) is 4.79 Å². The number of ether oxygens (including phenoxy) is 3. The largest absolute Gasteiger partial charge is 0.493 e. The molecule has 0 spiro atoms. The standard InChI is InChI=1S/C17H21NO5S/c1-5-6-9-18-16(19)13(24-17(18)20)10-11-7-8-12(21-2)15(23-4)14(11)22-3/h7-8,10H,5-6,9H2,1-4H3/b13-10-. The zero-order chi connectivity index (χ0) is 17.7. The van der Waals surface area contributed by atoms with Crippen molar-refractivity contribution in [2.45, 2.75) is 19.8 Å². The second-order valence-corrected chi connectivity index (χ2v) is 6.10. The van der Waals surface area contributed by atoms with E-state index in [1.165, 1.54) is 26.2 Å². The summed E-state index contributed by atoms with van der Waals surface area (Å²) < 4.78 is 16.0. The first kappa shape index (κ1) is 18.2. The number of carbonyl (C=O) groups is 2. The number of benzene rings is 1. The van der Waals surface area contributed by atoms with Crippen molar-refractivity contribution in [1.29, 1.82) is 0 Å². The van der Waals surface area contributed by atoms with E-state index in [-0.39, 0.29) is 11.1 Å². The fraction of sp³-hybridized carbons (Fsp3) is 0.412. The van der Waals surface area contributed by atoms with E-state index >= 15 is 0 Å². The minimum atomic E-state index is -0.268. The third kappa shape index (κ3) is 3.51. The van der Waals surface area contributed by atoms with Crippen LogP contribution in [0.1, 0.15) is 25.3 Å². The van der Waals surface area contributed by atoms with Crippen molar-refractivity contribution in [3.63, 3.8) is 0 Å². The summed E-state index contributed by atoms with van der Waals surface area (Å²) in [5.74, 6) is 1.16. The molecule has 130 valence electrons. The number of rotatable bonds is 7. The van der Waals surface area contributed by atoms with E-state index in [2.05, 4.69) is 0 Å². The Kier molecular flexibility index (Phi) is 6.14. The average Bonchev–Trinajstić information content (AvgIpc) is 2.85. The molecule has 1 aromatic rings. The molecule has 7 heteroatoms. The van der Waals surface area contributed by atoms with Gasteiger partial charge in [0.2, 0.25) is 5.75 Å². The highest BCUT2D eigenvalue weighted by Gasteiger charge is 2.34. The van der Waals surface area contributed by atoms with Gasteiger partial charge in [-0.05, 0) is 36.4 Å². The maximum absolute atomic E-state index is 12.4. The summed E-state index contributed by atoms with van der Waals surface area (Å²) in [6.45, 7) is 2.46. The van der Waals surface area contributed by atoms with Crippen LogP contribution in [0.15, 0.2) is 17.0 Å². The first-order valence-corrected chi connectivity index (χ1v) is 8.43. The third-order valence-electron chi connectivity index (χ3n) is 3.63. The molecule has 0 N–H and O–H groups in total. The second-order valence-electron chi connectivity index (χ2n) is 5.11. The van der Waals surface area contributed by atoms with Crippen LogP contribution >= 0.6 is 11.8 Å². The van der Waals surface area contributed by atoms with Gasteiger partial charge < -0.3 is 14.2 Å².